The molecule has 2 aromatic rings. The van der Waals surface area contributed by atoms with Crippen molar-refractivity contribution in [2.24, 2.45) is 5.73 Å². The van der Waals surface area contributed by atoms with Crippen molar-refractivity contribution in [2.45, 2.75) is 26.3 Å². The highest BCUT2D eigenvalue weighted by atomic mass is 35.5. The predicted molar refractivity (Wildman–Crippen MR) is 86.1 cm³/mol. The largest absolute Gasteiger partial charge is 0.350 e. The van der Waals surface area contributed by atoms with Crippen LogP contribution < -0.4 is 11.1 Å². The van der Waals surface area contributed by atoms with Gasteiger partial charge in [0.05, 0.1) is 23.1 Å². The fraction of sp³-hybridized carbons (Fsp3) is 0.333. The van der Waals surface area contributed by atoms with Crippen molar-refractivity contribution in [3.63, 3.8) is 0 Å². The maximum atomic E-state index is 12.9. The van der Waals surface area contributed by atoms with Gasteiger partial charge in [-0.2, -0.15) is 5.10 Å². The molecule has 22 heavy (non-hydrogen) atoms. The van der Waals surface area contributed by atoms with Crippen LogP contribution in [0.4, 0.5) is 4.39 Å². The number of carbonyl (C=O) groups excluding carboxylic acids is 1. The van der Waals surface area contributed by atoms with Crippen LogP contribution in [0.3, 0.4) is 0 Å². The summed E-state index contributed by atoms with van der Waals surface area (Å²) in [6, 6.07) is 5.93. The summed E-state index contributed by atoms with van der Waals surface area (Å²) in [6.07, 6.45) is 1.50. The molecular formula is C15H20ClFN4O. The molecular weight excluding hydrogens is 307 g/mol. The van der Waals surface area contributed by atoms with Crippen LogP contribution in [-0.4, -0.2) is 27.8 Å². The van der Waals surface area contributed by atoms with E-state index < -0.39 is 5.54 Å². The van der Waals surface area contributed by atoms with Crippen molar-refractivity contribution in [3.8, 4) is 5.69 Å². The van der Waals surface area contributed by atoms with Crippen LogP contribution in [0.15, 0.2) is 30.5 Å². The van der Waals surface area contributed by atoms with Crippen molar-refractivity contribution < 1.29 is 9.18 Å². The summed E-state index contributed by atoms with van der Waals surface area (Å²) < 4.78 is 14.5. The molecule has 1 aromatic heterocycles. The summed E-state index contributed by atoms with van der Waals surface area (Å²) in [5.74, 6) is -0.536. The molecule has 0 aliphatic carbocycles. The maximum absolute atomic E-state index is 12.9. The van der Waals surface area contributed by atoms with Gasteiger partial charge in [-0.15, -0.1) is 12.4 Å². The zero-order valence-corrected chi connectivity index (χ0v) is 13.6. The van der Waals surface area contributed by atoms with E-state index in [2.05, 4.69) is 10.4 Å². The monoisotopic (exact) mass is 326 g/mol. The van der Waals surface area contributed by atoms with Crippen molar-refractivity contribution in [2.75, 3.05) is 6.54 Å². The first kappa shape index (κ1) is 18.1. The molecule has 0 spiro atoms. The fourth-order valence-electron chi connectivity index (χ4n) is 1.88. The summed E-state index contributed by atoms with van der Waals surface area (Å²) in [5.41, 5.74) is 7.23. The van der Waals surface area contributed by atoms with E-state index in [-0.39, 0.29) is 24.1 Å². The third-order valence-corrected chi connectivity index (χ3v) is 3.03. The molecule has 0 radical (unpaired) electrons. The molecule has 0 unspecified atom stereocenters. The Labute approximate surface area is 135 Å². The Morgan fingerprint density at radius 3 is 2.50 bits per heavy atom. The van der Waals surface area contributed by atoms with E-state index in [0.717, 1.165) is 0 Å². The minimum absolute atomic E-state index is 0. The van der Waals surface area contributed by atoms with Crippen molar-refractivity contribution >= 4 is 18.3 Å². The summed E-state index contributed by atoms with van der Waals surface area (Å²) in [4.78, 5) is 12.1. The van der Waals surface area contributed by atoms with Gasteiger partial charge in [0.2, 0.25) is 0 Å². The Balaban J connectivity index is 0.00000242. The lowest BCUT2D eigenvalue weighted by Crippen LogP contribution is -2.45. The molecule has 3 N–H and O–H groups in total. The molecule has 0 aliphatic heterocycles. The zero-order chi connectivity index (χ0) is 15.6. The molecule has 1 amide bonds. The molecule has 1 heterocycles. The molecule has 7 heteroatoms. The highest BCUT2D eigenvalue weighted by molar-refractivity contribution is 5.95. The average molecular weight is 327 g/mol. The minimum atomic E-state index is -0.476. The average Bonchev–Trinajstić information content (AvgIpc) is 2.78. The molecule has 2 rings (SSSR count). The lowest BCUT2D eigenvalue weighted by atomic mass is 10.1. The Morgan fingerprint density at radius 1 is 1.36 bits per heavy atom. The summed E-state index contributed by atoms with van der Waals surface area (Å²) in [5, 5.41) is 6.96. The van der Waals surface area contributed by atoms with E-state index in [9.17, 15) is 9.18 Å². The number of nitrogens with zero attached hydrogens (tertiary/aromatic N) is 2. The topological polar surface area (TPSA) is 72.9 Å². The van der Waals surface area contributed by atoms with Crippen LogP contribution in [0.5, 0.6) is 0 Å². The zero-order valence-electron chi connectivity index (χ0n) is 12.8. The van der Waals surface area contributed by atoms with E-state index >= 15 is 0 Å². The number of carbonyl (C=O) groups is 1. The second-order valence-electron chi connectivity index (χ2n) is 5.70. The number of hydrogen-bond acceptors (Lipinski definition) is 3. The smallest absolute Gasteiger partial charge is 0.254 e. The molecule has 0 fully saturated rings. The molecule has 0 bridgehead atoms. The summed E-state index contributed by atoms with van der Waals surface area (Å²) >= 11 is 0. The first-order chi connectivity index (χ1) is 9.78. The van der Waals surface area contributed by atoms with Crippen LogP contribution >= 0.6 is 12.4 Å². The number of nitrogens with one attached hydrogen (secondary N) is 1. The fourth-order valence-corrected chi connectivity index (χ4v) is 1.88. The van der Waals surface area contributed by atoms with E-state index in [1.54, 1.807) is 23.7 Å². The highest BCUT2D eigenvalue weighted by Gasteiger charge is 2.17. The molecule has 0 atom stereocenters. The van der Waals surface area contributed by atoms with E-state index in [1.807, 2.05) is 13.8 Å². The van der Waals surface area contributed by atoms with Crippen molar-refractivity contribution in [1.82, 2.24) is 15.1 Å². The minimum Gasteiger partial charge on any atom is -0.350 e. The van der Waals surface area contributed by atoms with Crippen LogP contribution in [0.1, 0.15) is 29.9 Å². The molecule has 120 valence electrons. The van der Waals surface area contributed by atoms with Crippen LogP contribution in [0.25, 0.3) is 5.69 Å². The first-order valence-electron chi connectivity index (χ1n) is 6.65. The second-order valence-corrected chi connectivity index (χ2v) is 5.70. The third kappa shape index (κ3) is 4.29. The van der Waals surface area contributed by atoms with Gasteiger partial charge in [-0.1, -0.05) is 0 Å². The van der Waals surface area contributed by atoms with Gasteiger partial charge in [0.15, 0.2) is 0 Å². The molecule has 1 aromatic carbocycles. The Kier molecular flexibility index (Phi) is 5.68. The van der Waals surface area contributed by atoms with Crippen LogP contribution in [0.2, 0.25) is 0 Å². The highest BCUT2D eigenvalue weighted by Crippen LogP contribution is 2.14. The molecule has 5 nitrogen and oxygen atoms in total. The normalized spacial score (nSPS) is 11.0. The Morgan fingerprint density at radius 2 is 1.95 bits per heavy atom. The SMILES string of the molecule is Cc1c(C(=O)NCC(C)(C)N)cnn1-c1ccc(F)cc1.Cl. The first-order valence-corrected chi connectivity index (χ1v) is 6.65. The van der Waals surface area contributed by atoms with Crippen molar-refractivity contribution in [1.29, 1.82) is 0 Å². The molecule has 0 saturated heterocycles. The number of amides is 1. The maximum Gasteiger partial charge on any atom is 0.254 e. The van der Waals surface area contributed by atoms with Crippen molar-refractivity contribution in [3.05, 3.63) is 47.5 Å². The predicted octanol–water partition coefficient (Wildman–Crippen LogP) is 2.21. The van der Waals surface area contributed by atoms with E-state index in [1.165, 1.54) is 18.3 Å². The molecule has 0 saturated carbocycles. The summed E-state index contributed by atoms with van der Waals surface area (Å²) in [7, 11) is 0. The third-order valence-electron chi connectivity index (χ3n) is 3.03. The Hall–Kier alpha value is -1.92. The number of hydrogen-bond donors (Lipinski definition) is 2. The number of rotatable bonds is 4. The van der Waals surface area contributed by atoms with Crippen LogP contribution in [-0.2, 0) is 0 Å². The van der Waals surface area contributed by atoms with Gasteiger partial charge in [-0.3, -0.25) is 4.79 Å². The van der Waals surface area contributed by atoms with Gasteiger partial charge < -0.3 is 11.1 Å². The number of nitrogens with two attached hydrogens (primary N) is 1. The Bertz CT molecular complexity index is 647. The molecule has 0 aliphatic rings. The van der Waals surface area contributed by atoms with Gasteiger partial charge in [0.25, 0.3) is 5.91 Å². The standard InChI is InChI=1S/C15H19FN4O.ClH/c1-10-13(14(21)18-9-15(2,3)17)8-19-20(10)12-6-4-11(16)5-7-12;/h4-8H,9,17H2,1-3H3,(H,18,21);1H. The number of halogens is 2. The van der Waals surface area contributed by atoms with Gasteiger partial charge >= 0.3 is 0 Å². The van der Waals surface area contributed by atoms with E-state index in [4.69, 9.17) is 5.73 Å². The number of aromatic nitrogens is 2. The van der Waals surface area contributed by atoms with Gasteiger partial charge in [-0.25, -0.2) is 9.07 Å². The van der Waals surface area contributed by atoms with Gasteiger partial charge in [0, 0.05) is 12.1 Å². The van der Waals surface area contributed by atoms with E-state index in [0.29, 0.717) is 23.5 Å². The van der Waals surface area contributed by atoms with Gasteiger partial charge in [0.1, 0.15) is 5.82 Å². The quantitative estimate of drug-likeness (QED) is 0.904. The number of benzene rings is 1. The lowest BCUT2D eigenvalue weighted by molar-refractivity contribution is 0.0945. The van der Waals surface area contributed by atoms with Crippen LogP contribution in [0, 0.1) is 12.7 Å². The lowest BCUT2D eigenvalue weighted by Gasteiger charge is -2.18. The second kappa shape index (κ2) is 6.89. The summed E-state index contributed by atoms with van der Waals surface area (Å²) in [6.45, 7) is 5.83. The van der Waals surface area contributed by atoms with Gasteiger partial charge in [-0.05, 0) is 45.0 Å².